The third-order valence-electron chi connectivity index (χ3n) is 17.6. The largest absolute Gasteiger partial charge is 0.497 e. The third-order valence-corrected chi connectivity index (χ3v) is 17.6. The molecule has 0 aliphatic rings. The van der Waals surface area contributed by atoms with Crippen LogP contribution in [0.1, 0.15) is 27.8 Å². The fraction of sp³-hybridized carbons (Fsp3) is 0.0870. The quantitative estimate of drug-likeness (QED) is 0.134. The van der Waals surface area contributed by atoms with Gasteiger partial charge in [-0.3, -0.25) is 0 Å². The molecule has 0 unspecified atom stereocenters. The molecule has 15 rings (SSSR count). The molecule has 2 heteroatoms. The van der Waals surface area contributed by atoms with Gasteiger partial charge >= 0.3 is 0 Å². The van der Waals surface area contributed by atoms with E-state index in [1.54, 1.807) is 7.11 Å². The summed E-state index contributed by atoms with van der Waals surface area (Å²) >= 11 is 0. The van der Waals surface area contributed by atoms with Gasteiger partial charge in [0.25, 0.3) is 0 Å². The molecule has 15 aromatic carbocycles. The minimum atomic E-state index is 0.887. The zero-order valence-corrected chi connectivity index (χ0v) is 55.3. The molecule has 0 spiro atoms. The van der Waals surface area contributed by atoms with Crippen molar-refractivity contribution in [3.63, 3.8) is 0 Å². The Morgan fingerprint density at radius 2 is 0.500 bits per heavy atom. The number of benzene rings is 15. The summed E-state index contributed by atoms with van der Waals surface area (Å²) < 4.78 is 5.49. The van der Waals surface area contributed by atoms with Crippen LogP contribution in [0.2, 0.25) is 0 Å². The summed E-state index contributed by atoms with van der Waals surface area (Å²) in [5, 5.41) is 8.05. The Morgan fingerprint density at radius 3 is 0.830 bits per heavy atom. The van der Waals surface area contributed by atoms with Crippen LogP contribution in [0.25, 0.3) is 110 Å². The Morgan fingerprint density at radius 1 is 0.223 bits per heavy atom. The van der Waals surface area contributed by atoms with E-state index in [0.717, 1.165) is 5.75 Å². The highest BCUT2D eigenvalue weighted by Crippen LogP contribution is 2.40. The van der Waals surface area contributed by atoms with E-state index in [2.05, 4.69) is 387 Å². The van der Waals surface area contributed by atoms with Gasteiger partial charge < -0.3 is 9.64 Å². The molecule has 0 aliphatic heterocycles. The number of methoxy groups -OCH3 is 1. The van der Waals surface area contributed by atoms with Crippen molar-refractivity contribution in [3.05, 3.63) is 374 Å². The highest BCUT2D eigenvalue weighted by Gasteiger charge is 2.15. The molecule has 0 bridgehead atoms. The summed E-state index contributed by atoms with van der Waals surface area (Å²) in [4.78, 5) is 2.16. The van der Waals surface area contributed by atoms with Crippen LogP contribution in [0.5, 0.6) is 5.75 Å². The van der Waals surface area contributed by atoms with E-state index in [9.17, 15) is 0 Å². The summed E-state index contributed by atoms with van der Waals surface area (Å²) in [6, 6.07) is 122. The van der Waals surface area contributed by atoms with E-state index in [4.69, 9.17) is 4.74 Å². The number of fused-ring (bicyclic) bond motifs is 3. The molecule has 0 amide bonds. The van der Waals surface area contributed by atoms with Gasteiger partial charge in [0.1, 0.15) is 5.75 Å². The van der Waals surface area contributed by atoms with Crippen LogP contribution in [-0.4, -0.2) is 21.2 Å². The predicted octanol–water partition coefficient (Wildman–Crippen LogP) is 25.2. The molecule has 0 radical (unpaired) electrons. The first-order valence-electron chi connectivity index (χ1n) is 32.4. The van der Waals surface area contributed by atoms with Gasteiger partial charge in [0, 0.05) is 19.8 Å². The summed E-state index contributed by atoms with van der Waals surface area (Å²) in [5.41, 5.74) is 25.5. The molecule has 0 saturated heterocycles. The van der Waals surface area contributed by atoms with Crippen LogP contribution in [0.4, 0.5) is 5.69 Å². The minimum Gasteiger partial charge on any atom is -0.497 e. The van der Waals surface area contributed by atoms with E-state index in [1.807, 2.05) is 12.1 Å². The molecule has 0 aliphatic carbocycles. The maximum Gasteiger partial charge on any atom is 0.120 e. The molecular weight excluding hydrogens is 1140 g/mol. The average Bonchev–Trinajstić information content (AvgIpc) is 0.876. The summed E-state index contributed by atoms with van der Waals surface area (Å²) in [5.74, 6) is 0.887. The fourth-order valence-electron chi connectivity index (χ4n) is 12.4. The Labute approximate surface area is 557 Å². The van der Waals surface area contributed by atoms with Gasteiger partial charge in [-0.2, -0.15) is 0 Å². The van der Waals surface area contributed by atoms with E-state index in [1.165, 1.54) is 144 Å². The second-order valence-corrected chi connectivity index (χ2v) is 23.9. The molecule has 94 heavy (non-hydrogen) atoms. The number of rotatable bonds is 9. The number of nitrogens with zero attached hydrogens (tertiary/aromatic N) is 1. The molecule has 0 atom stereocenters. The zero-order chi connectivity index (χ0) is 65.2. The topological polar surface area (TPSA) is 12.5 Å². The van der Waals surface area contributed by atoms with Crippen molar-refractivity contribution in [2.45, 2.75) is 34.6 Å². The number of ether oxygens (including phenoxy) is 1. The van der Waals surface area contributed by atoms with Gasteiger partial charge in [0.15, 0.2) is 0 Å². The molecule has 0 aromatic heterocycles. The Bertz CT molecular complexity index is 4670. The fourth-order valence-corrected chi connectivity index (χ4v) is 12.4. The minimum absolute atomic E-state index is 0.887. The lowest BCUT2D eigenvalue weighted by Gasteiger charge is -2.19. The van der Waals surface area contributed by atoms with E-state index in [0.29, 0.717) is 0 Å². The van der Waals surface area contributed by atoms with Crippen LogP contribution < -0.4 is 9.64 Å². The van der Waals surface area contributed by atoms with Crippen LogP contribution in [0.15, 0.2) is 346 Å². The summed E-state index contributed by atoms with van der Waals surface area (Å²) in [6.45, 7) is 10.9. The molecular formula is C92H81NO. The van der Waals surface area contributed by atoms with Crippen LogP contribution in [0.3, 0.4) is 0 Å². The molecule has 0 N–H and O–H groups in total. The second-order valence-electron chi connectivity index (χ2n) is 23.9. The maximum atomic E-state index is 5.49. The molecule has 0 saturated carbocycles. The monoisotopic (exact) mass is 1220 g/mol. The number of hydrogen-bond acceptors (Lipinski definition) is 2. The zero-order valence-electron chi connectivity index (χ0n) is 55.3. The van der Waals surface area contributed by atoms with Crippen LogP contribution in [-0.2, 0) is 0 Å². The van der Waals surface area contributed by atoms with Gasteiger partial charge in [-0.1, -0.05) is 303 Å². The Kier molecular flexibility index (Phi) is 21.3. The van der Waals surface area contributed by atoms with E-state index < -0.39 is 0 Å². The average molecular weight is 1220 g/mol. The van der Waals surface area contributed by atoms with Gasteiger partial charge in [-0.25, -0.2) is 0 Å². The van der Waals surface area contributed by atoms with Crippen LogP contribution in [0, 0.1) is 34.6 Å². The van der Waals surface area contributed by atoms with Gasteiger partial charge in [0.2, 0.25) is 0 Å². The molecule has 2 nitrogen and oxygen atoms in total. The Balaban J connectivity index is 0.000000123. The van der Waals surface area contributed by atoms with E-state index >= 15 is 0 Å². The lowest BCUT2D eigenvalue weighted by Crippen LogP contribution is -2.09. The number of hydrogen-bond donors (Lipinski definition) is 0. The summed E-state index contributed by atoms with van der Waals surface area (Å²) in [6.07, 6.45) is 0. The van der Waals surface area contributed by atoms with Gasteiger partial charge in [-0.15, -0.1) is 0 Å². The van der Waals surface area contributed by atoms with Gasteiger partial charge in [0.05, 0.1) is 7.11 Å². The van der Waals surface area contributed by atoms with Crippen molar-refractivity contribution in [2.24, 2.45) is 0 Å². The van der Waals surface area contributed by atoms with Crippen molar-refractivity contribution >= 4 is 38.0 Å². The number of anilines is 1. The lowest BCUT2D eigenvalue weighted by atomic mass is 9.88. The van der Waals surface area contributed by atoms with Crippen molar-refractivity contribution in [1.29, 1.82) is 0 Å². The second kappa shape index (κ2) is 31.1. The predicted molar refractivity (Wildman–Crippen MR) is 407 cm³/mol. The number of aryl methyl sites for hydroxylation is 2. The standard InChI is InChI=1S/C25H20.C21H21N.C20H18O.C15H12.C11H10/c1-19-24(21-13-7-3-8-14-21)17-23(20-11-5-2-6-12-20)18-25(19)22-15-9-4-10-16-22;1-16-20(17-10-6-4-7-11-17)14-19(22(2)3)15-21(16)18-12-8-5-9-13-18;1-15-19(16-9-5-3-6-10-16)13-18(21-2)14-20(15)17-11-7-4-8-12-17;1-11-14-8-4-2-6-12(14)10-13-7-3-5-9-15(11)13;1-9-5-4-7-10-6-2-3-8-11(9)10/h2-18H,1H3;4-15H,1-3H3;3-14H,1-2H3;2-10H,1H3;2-8H,1H3. The molecule has 460 valence electrons. The van der Waals surface area contributed by atoms with Crippen molar-refractivity contribution < 1.29 is 4.74 Å². The van der Waals surface area contributed by atoms with Crippen molar-refractivity contribution in [2.75, 3.05) is 26.1 Å². The molecule has 15 aromatic rings. The van der Waals surface area contributed by atoms with Crippen LogP contribution >= 0.6 is 0 Å². The summed E-state index contributed by atoms with van der Waals surface area (Å²) in [7, 11) is 5.90. The van der Waals surface area contributed by atoms with E-state index in [-0.39, 0.29) is 0 Å². The normalized spacial score (nSPS) is 10.6. The van der Waals surface area contributed by atoms with Gasteiger partial charge in [-0.05, 0) is 215 Å². The lowest BCUT2D eigenvalue weighted by molar-refractivity contribution is 0.415. The SMILES string of the molecule is COc1cc(-c2ccccc2)c(C)c(-c2ccccc2)c1.Cc1c(-c2ccccc2)cc(-c2ccccc2)cc1-c1ccccc1.Cc1c(-c2ccccc2)cc(N(C)C)cc1-c1ccccc1.Cc1c2ccccc2cc2ccccc12.Cc1cccc2ccccc12. The maximum absolute atomic E-state index is 5.49. The molecule has 0 fully saturated rings. The molecule has 0 heterocycles. The highest BCUT2D eigenvalue weighted by molar-refractivity contribution is 6.02. The van der Waals surface area contributed by atoms with Crippen molar-refractivity contribution in [1.82, 2.24) is 0 Å². The first kappa shape index (κ1) is 64.2. The Hall–Kier alpha value is -11.3. The van der Waals surface area contributed by atoms with Crippen molar-refractivity contribution in [3.8, 4) is 83.6 Å². The first-order valence-corrected chi connectivity index (χ1v) is 32.4. The third kappa shape index (κ3) is 15.5. The highest BCUT2D eigenvalue weighted by atomic mass is 16.5. The smallest absolute Gasteiger partial charge is 0.120 e. The first-order chi connectivity index (χ1) is 46.0.